The minimum absolute atomic E-state index is 0.0257. The fourth-order valence-corrected chi connectivity index (χ4v) is 4.30. The first kappa shape index (κ1) is 22.8. The third kappa shape index (κ3) is 5.25. The van der Waals surface area contributed by atoms with E-state index in [1.54, 1.807) is 36.2 Å². The normalized spacial score (nSPS) is 18.2. The van der Waals surface area contributed by atoms with Gasteiger partial charge in [0.05, 0.1) is 13.1 Å². The molecule has 1 aliphatic heterocycles. The van der Waals surface area contributed by atoms with E-state index in [0.717, 1.165) is 35.5 Å². The maximum atomic E-state index is 12.0. The van der Waals surface area contributed by atoms with Crippen molar-refractivity contribution in [1.82, 2.24) is 4.90 Å². The van der Waals surface area contributed by atoms with E-state index in [-0.39, 0.29) is 19.2 Å². The maximum Gasteiger partial charge on any atom is 0.636 e. The Bertz CT molecular complexity index is 1210. The van der Waals surface area contributed by atoms with Gasteiger partial charge in [0.25, 0.3) is 0 Å². The lowest BCUT2D eigenvalue weighted by Gasteiger charge is -2.22. The van der Waals surface area contributed by atoms with Crippen molar-refractivity contribution < 1.29 is 28.4 Å². The number of hydrogen-bond donors (Lipinski definition) is 1. The van der Waals surface area contributed by atoms with Gasteiger partial charge in [-0.1, -0.05) is 24.3 Å². The Morgan fingerprint density at radius 1 is 0.914 bits per heavy atom. The highest BCUT2D eigenvalue weighted by molar-refractivity contribution is 6.64. The number of ether oxygens (including phenoxy) is 2. The minimum Gasteiger partial charge on any atom is -0.494 e. The molecule has 1 atom stereocenters. The largest absolute Gasteiger partial charge is 0.636 e. The molecule has 0 radical (unpaired) electrons. The number of benzene rings is 3. The Morgan fingerprint density at radius 2 is 1.57 bits per heavy atom. The van der Waals surface area contributed by atoms with Crippen LogP contribution in [0.25, 0.3) is 0 Å². The van der Waals surface area contributed by atoms with Crippen molar-refractivity contribution in [2.24, 2.45) is 0 Å². The second-order valence-electron chi connectivity index (χ2n) is 8.69. The third-order valence-corrected chi connectivity index (χ3v) is 5.99. The molecule has 2 aliphatic rings. The number of fused-ring (bicyclic) bond motifs is 1. The number of rotatable bonds is 5. The predicted molar refractivity (Wildman–Crippen MR) is 131 cm³/mol. The molecule has 3 aromatic rings. The van der Waals surface area contributed by atoms with Gasteiger partial charge in [-0.2, -0.15) is 0 Å². The number of hydrogen-bond acceptors (Lipinski definition) is 8. The fourth-order valence-electron chi connectivity index (χ4n) is 4.30. The van der Waals surface area contributed by atoms with E-state index in [1.807, 2.05) is 36.4 Å². The lowest BCUT2D eigenvalue weighted by atomic mass is 9.78. The van der Waals surface area contributed by atoms with Crippen molar-refractivity contribution in [2.45, 2.75) is 18.9 Å². The summed E-state index contributed by atoms with van der Waals surface area (Å²) in [5, 5.41) is 0. The van der Waals surface area contributed by atoms with Gasteiger partial charge in [0.2, 0.25) is 0 Å². The number of nitrogens with zero attached hydrogens (tertiary/aromatic N) is 1. The average molecular weight is 472 g/mol. The van der Waals surface area contributed by atoms with E-state index in [1.165, 1.54) is 0 Å². The van der Waals surface area contributed by atoms with Gasteiger partial charge in [0.1, 0.15) is 23.4 Å². The average Bonchev–Trinajstić information content (AvgIpc) is 3.23. The van der Waals surface area contributed by atoms with Gasteiger partial charge >= 0.3 is 19.1 Å². The summed E-state index contributed by atoms with van der Waals surface area (Å²) in [4.78, 5) is 25.6. The molecule has 1 fully saturated rings. The maximum absolute atomic E-state index is 12.0. The van der Waals surface area contributed by atoms with Crippen LogP contribution in [0.5, 0.6) is 17.2 Å². The summed E-state index contributed by atoms with van der Waals surface area (Å²) in [6, 6.07) is 20.3. The molecule has 9 heteroatoms. The lowest BCUT2D eigenvalue weighted by Crippen LogP contribution is -2.47. The highest BCUT2D eigenvalue weighted by atomic mass is 16.6. The van der Waals surface area contributed by atoms with Gasteiger partial charge in [-0.25, -0.2) is 0 Å². The second kappa shape index (κ2) is 9.72. The first-order valence-electron chi connectivity index (χ1n) is 11.4. The number of carbonyl (C=O) groups is 2. The van der Waals surface area contributed by atoms with E-state index >= 15 is 0 Å². The van der Waals surface area contributed by atoms with Crippen molar-refractivity contribution in [2.75, 3.05) is 25.9 Å². The zero-order chi connectivity index (χ0) is 24.4. The molecule has 0 amide bonds. The number of anilines is 1. The standard InChI is InChI=1S/C26H25BN2O6/c1-29-15-25(30)34-27(35-26(31)16-29)17-5-9-19(10-6-17)33-24-14-13-22-21(24)3-2-4-23(22)32-20-11-7-18(28)8-12-20/h2-12,24H,13-16,28H2,1H3/t24-/m1/s1. The topological polar surface area (TPSA) is 100 Å². The molecular weight excluding hydrogens is 447 g/mol. The van der Waals surface area contributed by atoms with E-state index in [9.17, 15) is 9.59 Å². The summed E-state index contributed by atoms with van der Waals surface area (Å²) < 4.78 is 23.0. The molecule has 8 nitrogen and oxygen atoms in total. The second-order valence-corrected chi connectivity index (χ2v) is 8.69. The Morgan fingerprint density at radius 3 is 2.26 bits per heavy atom. The highest BCUT2D eigenvalue weighted by Gasteiger charge is 2.34. The van der Waals surface area contributed by atoms with Crippen molar-refractivity contribution in [1.29, 1.82) is 0 Å². The van der Waals surface area contributed by atoms with Crippen LogP contribution in [0, 0.1) is 0 Å². The van der Waals surface area contributed by atoms with Crippen molar-refractivity contribution in [3.8, 4) is 17.2 Å². The molecule has 0 aromatic heterocycles. The first-order chi connectivity index (χ1) is 16.9. The third-order valence-electron chi connectivity index (χ3n) is 5.99. The monoisotopic (exact) mass is 472 g/mol. The van der Waals surface area contributed by atoms with E-state index in [4.69, 9.17) is 24.5 Å². The van der Waals surface area contributed by atoms with Crippen molar-refractivity contribution >= 4 is 30.2 Å². The molecule has 178 valence electrons. The Kier molecular flexibility index (Phi) is 6.33. The summed E-state index contributed by atoms with van der Waals surface area (Å²) in [7, 11) is 0.585. The summed E-state index contributed by atoms with van der Waals surface area (Å²) in [6.07, 6.45) is 1.55. The summed E-state index contributed by atoms with van der Waals surface area (Å²) in [6.45, 7) is 0.0514. The van der Waals surface area contributed by atoms with Crippen LogP contribution in [0.15, 0.2) is 66.7 Å². The van der Waals surface area contributed by atoms with Gasteiger partial charge in [-0.05, 0) is 67.9 Å². The van der Waals surface area contributed by atoms with Crippen LogP contribution in [0.3, 0.4) is 0 Å². The fraction of sp³-hybridized carbons (Fsp3) is 0.231. The van der Waals surface area contributed by atoms with Gasteiger partial charge in [0.15, 0.2) is 0 Å². The van der Waals surface area contributed by atoms with Crippen LogP contribution < -0.4 is 20.7 Å². The van der Waals surface area contributed by atoms with Crippen LogP contribution in [0.4, 0.5) is 5.69 Å². The molecule has 3 aromatic carbocycles. The van der Waals surface area contributed by atoms with Gasteiger partial charge in [0, 0.05) is 16.7 Å². The zero-order valence-corrected chi connectivity index (χ0v) is 19.3. The summed E-state index contributed by atoms with van der Waals surface area (Å²) in [5.41, 5.74) is 9.24. The molecule has 2 N–H and O–H groups in total. The SMILES string of the molecule is CN1CC(=O)OB(c2ccc(O[C@@H]3CCc4c(Oc5ccc(N)cc5)cccc43)cc2)OC(=O)C1. The summed E-state index contributed by atoms with van der Waals surface area (Å²) in [5.74, 6) is 1.30. The van der Waals surface area contributed by atoms with E-state index < -0.39 is 19.1 Å². The number of nitrogen functional groups attached to an aromatic ring is 1. The molecule has 35 heavy (non-hydrogen) atoms. The van der Waals surface area contributed by atoms with Crippen LogP contribution in [-0.2, 0) is 25.3 Å². The van der Waals surface area contributed by atoms with E-state index in [0.29, 0.717) is 16.9 Å². The lowest BCUT2D eigenvalue weighted by molar-refractivity contribution is -0.145. The Labute approximate surface area is 203 Å². The molecule has 1 heterocycles. The van der Waals surface area contributed by atoms with Crippen LogP contribution >= 0.6 is 0 Å². The quantitative estimate of drug-likeness (QED) is 0.447. The van der Waals surface area contributed by atoms with Gasteiger partial charge in [-0.3, -0.25) is 14.5 Å². The molecule has 0 unspecified atom stereocenters. The minimum atomic E-state index is -1.07. The summed E-state index contributed by atoms with van der Waals surface area (Å²) >= 11 is 0. The Balaban J connectivity index is 1.28. The predicted octanol–water partition coefficient (Wildman–Crippen LogP) is 2.85. The zero-order valence-electron chi connectivity index (χ0n) is 19.3. The molecule has 0 bridgehead atoms. The molecule has 1 saturated heterocycles. The van der Waals surface area contributed by atoms with Crippen LogP contribution in [0.1, 0.15) is 23.7 Å². The van der Waals surface area contributed by atoms with Crippen LogP contribution in [0.2, 0.25) is 0 Å². The van der Waals surface area contributed by atoms with Crippen molar-refractivity contribution in [3.05, 3.63) is 77.9 Å². The van der Waals surface area contributed by atoms with E-state index in [2.05, 4.69) is 6.07 Å². The highest BCUT2D eigenvalue weighted by Crippen LogP contribution is 2.40. The molecule has 5 rings (SSSR count). The van der Waals surface area contributed by atoms with Gasteiger partial charge < -0.3 is 24.5 Å². The van der Waals surface area contributed by atoms with Crippen LogP contribution in [-0.4, -0.2) is 44.1 Å². The number of likely N-dealkylation sites (N-methyl/N-ethyl adjacent to an activating group) is 1. The number of nitrogens with two attached hydrogens (primary N) is 1. The Hall–Kier alpha value is -3.98. The number of carbonyl (C=O) groups excluding carboxylic acids is 2. The molecular formula is C26H25BN2O6. The van der Waals surface area contributed by atoms with Crippen molar-refractivity contribution in [3.63, 3.8) is 0 Å². The first-order valence-corrected chi connectivity index (χ1v) is 11.4. The molecule has 1 aliphatic carbocycles. The molecule has 0 spiro atoms. The smallest absolute Gasteiger partial charge is 0.494 e. The van der Waals surface area contributed by atoms with Gasteiger partial charge in [-0.15, -0.1) is 0 Å². The molecule has 0 saturated carbocycles.